The normalized spacial score (nSPS) is 11.7. The SMILES string of the molecule is [B]c1ccc(-c2cc([B])c(-n3c4c([B])c([B])c([B])cc4c4c([B])c(-c5c([B])c([B])c6c(c5[B])c5cc([B])cc([B])c5n6-c5c([B])cc([B])cc5[B])c([B])c([B])c43)c([B])c2)cc1. The Morgan fingerprint density at radius 1 is 0.279 bits per heavy atom. The highest BCUT2D eigenvalue weighted by Gasteiger charge is 2.28. The number of hydrogen-bond donors (Lipinski definition) is 0. The molecule has 34 radical (unpaired) electrons. The molecule has 0 saturated heterocycles. The summed E-state index contributed by atoms with van der Waals surface area (Å²) in [5.74, 6) is 0. The first-order valence-corrected chi connectivity index (χ1v) is 18.6. The molecule has 2 heterocycles. The van der Waals surface area contributed by atoms with Crippen molar-refractivity contribution in [2.24, 2.45) is 0 Å². The molecule has 2 nitrogen and oxygen atoms in total. The quantitative estimate of drug-likeness (QED) is 0.160. The standard InChI is InChI=1S/C42H11B17N2/c43-14-3-1-12(2-4-14)13-5-20(47)39(21(48)6-13)61-38-18(11-19(46)29(52)34(38)57)26-31(54)28(33(56)36(59)42(26)61)27-30(53)25-17-7-15(44)8-22(49)37(17)60(41(25)35(58)32(27)55)40-23(50)9-16(45)10-24(40)51/h1-11H. The molecule has 0 unspecified atom stereocenters. The molecule has 61 heavy (non-hydrogen) atoms. The van der Waals surface area contributed by atoms with E-state index in [-0.39, 0.29) is 87.6 Å². The van der Waals surface area contributed by atoms with Gasteiger partial charge < -0.3 is 9.13 Å². The highest BCUT2D eigenvalue weighted by Crippen LogP contribution is 2.32. The van der Waals surface area contributed by atoms with E-state index in [0.717, 1.165) is 11.1 Å². The van der Waals surface area contributed by atoms with Crippen LogP contribution in [0.4, 0.5) is 0 Å². The van der Waals surface area contributed by atoms with Crippen molar-refractivity contribution >= 4 is 270 Å². The van der Waals surface area contributed by atoms with E-state index in [2.05, 4.69) is 0 Å². The molecule has 0 bridgehead atoms. The molecule has 240 valence electrons. The summed E-state index contributed by atoms with van der Waals surface area (Å²) in [6.07, 6.45) is 0. The number of hydrogen-bond acceptors (Lipinski definition) is 0. The Kier molecular flexibility index (Phi) is 10.0. The van der Waals surface area contributed by atoms with Crippen LogP contribution in [-0.2, 0) is 0 Å². The van der Waals surface area contributed by atoms with Gasteiger partial charge >= 0.3 is 0 Å². The molecule has 9 rings (SSSR count). The fraction of sp³-hybridized carbons (Fsp3) is 0. The van der Waals surface area contributed by atoms with Gasteiger partial charge in [0.2, 0.25) is 0 Å². The topological polar surface area (TPSA) is 9.86 Å². The fourth-order valence-corrected chi connectivity index (χ4v) is 8.83. The number of aromatic nitrogens is 2. The molecule has 0 saturated carbocycles. The summed E-state index contributed by atoms with van der Waals surface area (Å²) < 4.78 is 3.38. The van der Waals surface area contributed by atoms with Gasteiger partial charge in [-0.2, -0.15) is 0 Å². The predicted molar refractivity (Wildman–Crippen MR) is 278 cm³/mol. The van der Waals surface area contributed by atoms with Crippen LogP contribution in [0.3, 0.4) is 0 Å². The lowest BCUT2D eigenvalue weighted by atomic mass is 9.62. The van der Waals surface area contributed by atoms with Gasteiger partial charge in [-0.15, -0.1) is 10.9 Å². The molecule has 7 aromatic carbocycles. The summed E-state index contributed by atoms with van der Waals surface area (Å²) in [4.78, 5) is 0. The molecule has 0 fully saturated rings. The van der Waals surface area contributed by atoms with Gasteiger partial charge in [-0.3, -0.25) is 0 Å². The van der Waals surface area contributed by atoms with Crippen LogP contribution in [0.1, 0.15) is 0 Å². The third-order valence-corrected chi connectivity index (χ3v) is 11.5. The van der Waals surface area contributed by atoms with E-state index >= 15 is 0 Å². The van der Waals surface area contributed by atoms with Crippen molar-refractivity contribution in [2.75, 3.05) is 0 Å². The van der Waals surface area contributed by atoms with Gasteiger partial charge in [-0.05, 0) is 22.3 Å². The second-order valence-corrected chi connectivity index (χ2v) is 15.2. The maximum absolute atomic E-state index is 7.27. The van der Waals surface area contributed by atoms with E-state index in [1.807, 2.05) is 12.1 Å². The summed E-state index contributed by atoms with van der Waals surface area (Å²) >= 11 is 0. The molecule has 0 spiro atoms. The monoisotopic (exact) mass is 730 g/mol. The van der Waals surface area contributed by atoms with Crippen molar-refractivity contribution in [2.45, 2.75) is 0 Å². The van der Waals surface area contributed by atoms with Crippen LogP contribution >= 0.6 is 0 Å². The van der Waals surface area contributed by atoms with Gasteiger partial charge in [0.05, 0.1) is 0 Å². The lowest BCUT2D eigenvalue weighted by Crippen LogP contribution is -2.42. The van der Waals surface area contributed by atoms with E-state index < -0.39 is 0 Å². The van der Waals surface area contributed by atoms with Crippen LogP contribution in [0, 0.1) is 0 Å². The maximum atomic E-state index is 7.27. The van der Waals surface area contributed by atoms with Crippen LogP contribution in [0.5, 0.6) is 0 Å². The Balaban J connectivity index is 1.42. The summed E-state index contributed by atoms with van der Waals surface area (Å²) in [6, 6.07) is 18.9. The smallest absolute Gasteiger partial charge is 0.116 e. The van der Waals surface area contributed by atoms with Crippen molar-refractivity contribution in [1.29, 1.82) is 0 Å². The van der Waals surface area contributed by atoms with Crippen LogP contribution in [0.15, 0.2) is 66.7 Å². The molecule has 0 aliphatic rings. The Hall–Kier alpha value is -4.76. The highest BCUT2D eigenvalue weighted by atomic mass is 15.0. The molecule has 0 aliphatic heterocycles. The van der Waals surface area contributed by atoms with E-state index in [4.69, 9.17) is 133 Å². The molecule has 0 aliphatic carbocycles. The summed E-state index contributed by atoms with van der Waals surface area (Å²) in [5.41, 5.74) is 7.31. The molecule has 0 N–H and O–H groups in total. The third kappa shape index (κ3) is 6.02. The number of rotatable bonds is 4. The Labute approximate surface area is 377 Å². The minimum absolute atomic E-state index is 0.00357. The molecule has 0 amide bonds. The van der Waals surface area contributed by atoms with Gasteiger partial charge in [0.15, 0.2) is 0 Å². The average molecular weight is 727 g/mol. The second-order valence-electron chi connectivity index (χ2n) is 15.2. The van der Waals surface area contributed by atoms with Crippen molar-refractivity contribution in [3.8, 4) is 33.6 Å². The van der Waals surface area contributed by atoms with E-state index in [0.29, 0.717) is 71.4 Å². The lowest BCUT2D eigenvalue weighted by Gasteiger charge is -2.26. The van der Waals surface area contributed by atoms with Crippen LogP contribution in [0.2, 0.25) is 0 Å². The third-order valence-electron chi connectivity index (χ3n) is 11.5. The summed E-state index contributed by atoms with van der Waals surface area (Å²) in [5, 5.41) is 1.71. The highest BCUT2D eigenvalue weighted by molar-refractivity contribution is 6.67. The Morgan fingerprint density at radius 2 is 0.689 bits per heavy atom. The predicted octanol–water partition coefficient (Wildman–Crippen LogP) is -9.29. The van der Waals surface area contributed by atoms with Gasteiger partial charge in [0, 0.05) is 55.0 Å². The maximum Gasteiger partial charge on any atom is 0.116 e. The van der Waals surface area contributed by atoms with Crippen LogP contribution < -0.4 is 92.9 Å². The van der Waals surface area contributed by atoms with Gasteiger partial charge in [0.25, 0.3) is 0 Å². The average Bonchev–Trinajstić information content (AvgIpc) is 3.70. The summed E-state index contributed by atoms with van der Waals surface area (Å²) in [6.45, 7) is 0. The van der Waals surface area contributed by atoms with Crippen LogP contribution in [0.25, 0.3) is 77.2 Å². The van der Waals surface area contributed by atoms with E-state index in [1.165, 1.54) is 0 Å². The summed E-state index contributed by atoms with van der Waals surface area (Å²) in [7, 11) is 114. The zero-order chi connectivity index (χ0) is 43.8. The van der Waals surface area contributed by atoms with Crippen molar-refractivity contribution < 1.29 is 0 Å². The van der Waals surface area contributed by atoms with Crippen molar-refractivity contribution in [3.63, 3.8) is 0 Å². The van der Waals surface area contributed by atoms with E-state index in [9.17, 15) is 0 Å². The molecular formula is C42H11B17N2. The fourth-order valence-electron chi connectivity index (χ4n) is 8.83. The lowest BCUT2D eigenvalue weighted by molar-refractivity contribution is 1.22. The minimum atomic E-state index is -0.00357. The molecule has 19 heteroatoms. The van der Waals surface area contributed by atoms with Crippen molar-refractivity contribution in [3.05, 3.63) is 66.7 Å². The molecule has 0 atom stereocenters. The zero-order valence-electron chi connectivity index (χ0n) is 32.6. The molecular weight excluding hydrogens is 716 g/mol. The largest absolute Gasteiger partial charge is 0.312 e. The first-order chi connectivity index (χ1) is 28.8. The first kappa shape index (κ1) is 41.6. The van der Waals surface area contributed by atoms with Crippen molar-refractivity contribution in [1.82, 2.24) is 9.13 Å². The number of fused-ring (bicyclic) bond motifs is 6. The van der Waals surface area contributed by atoms with E-state index in [1.54, 1.807) is 63.7 Å². The first-order valence-electron chi connectivity index (χ1n) is 18.6. The Morgan fingerprint density at radius 3 is 1.20 bits per heavy atom. The number of nitrogens with zero attached hydrogens (tertiary/aromatic N) is 2. The zero-order valence-corrected chi connectivity index (χ0v) is 32.6. The van der Waals surface area contributed by atoms with Crippen LogP contribution in [-0.4, -0.2) is 143 Å². The second kappa shape index (κ2) is 14.7. The minimum Gasteiger partial charge on any atom is -0.312 e. The molecule has 9 aromatic rings. The van der Waals surface area contributed by atoms with Gasteiger partial charge in [0.1, 0.15) is 133 Å². The van der Waals surface area contributed by atoms with Gasteiger partial charge in [-0.25, -0.2) is 0 Å². The Bertz CT molecular complexity index is 3400. The molecule has 2 aromatic heterocycles. The number of benzene rings is 7. The van der Waals surface area contributed by atoms with Gasteiger partial charge in [-0.1, -0.05) is 149 Å².